The van der Waals surface area contributed by atoms with Crippen LogP contribution in [0.1, 0.15) is 22.3 Å². The van der Waals surface area contributed by atoms with Gasteiger partial charge in [-0.05, 0) is 95.1 Å². The predicted molar refractivity (Wildman–Crippen MR) is 195 cm³/mol. The second kappa shape index (κ2) is 11.6. The average molecular weight is 615 g/mol. The third-order valence-electron chi connectivity index (χ3n) is 8.67. The first-order chi connectivity index (χ1) is 23.8. The molecule has 2 aromatic carbocycles. The van der Waals surface area contributed by atoms with Crippen LogP contribution in [0, 0.1) is 0 Å². The fourth-order valence-corrected chi connectivity index (χ4v) is 6.52. The van der Waals surface area contributed by atoms with E-state index in [1.807, 2.05) is 60.7 Å². The molecule has 0 unspecified atom stereocenters. The zero-order valence-corrected chi connectivity index (χ0v) is 25.7. The standard InChI is InChI=1S/C42H26N6/c1-3-7-27(8-4-1)39-31-11-15-35(45-31)41(29-19-23-43-24-20-29)37-17-13-33(47-37)40(28-9-5-2-6-10-28)34-14-18-38(48-34)42(30-21-25-44-26-22-30)36-16-12-32(39)46-36/h1-26H. The molecule has 6 heteroatoms. The summed E-state index contributed by atoms with van der Waals surface area (Å²) < 4.78 is 0. The van der Waals surface area contributed by atoms with Crippen molar-refractivity contribution in [2.45, 2.75) is 0 Å². The van der Waals surface area contributed by atoms with Gasteiger partial charge in [0.25, 0.3) is 0 Å². The third kappa shape index (κ3) is 4.84. The molecule has 0 atom stereocenters. The Bertz CT molecular complexity index is 2030. The summed E-state index contributed by atoms with van der Waals surface area (Å²) in [7, 11) is 0. The number of benzene rings is 2. The first kappa shape index (κ1) is 27.6. The van der Waals surface area contributed by atoms with Crippen LogP contribution in [-0.2, 0) is 0 Å². The Morgan fingerprint density at radius 1 is 0.271 bits per heavy atom. The van der Waals surface area contributed by atoms with E-state index < -0.39 is 0 Å². The van der Waals surface area contributed by atoms with Crippen LogP contribution in [0.5, 0.6) is 0 Å². The lowest BCUT2D eigenvalue weighted by Gasteiger charge is -2.12. The number of pyridine rings is 2. The van der Waals surface area contributed by atoms with E-state index in [1.54, 1.807) is 24.8 Å². The minimum absolute atomic E-state index is 0.826. The average Bonchev–Trinajstić information content (AvgIpc) is 3.98. The van der Waals surface area contributed by atoms with E-state index in [0.29, 0.717) is 0 Å². The smallest absolute Gasteiger partial charge is 0.0738 e. The molecule has 5 aliphatic rings. The van der Waals surface area contributed by atoms with Gasteiger partial charge in [0, 0.05) is 47.1 Å². The van der Waals surface area contributed by atoms with Gasteiger partial charge in [-0.2, -0.15) is 0 Å². The highest BCUT2D eigenvalue weighted by molar-refractivity contribution is 6.39. The van der Waals surface area contributed by atoms with Crippen LogP contribution < -0.4 is 0 Å². The second-order valence-electron chi connectivity index (χ2n) is 11.6. The fraction of sp³-hybridized carbons (Fsp3) is 0. The Morgan fingerprint density at radius 3 is 0.833 bits per heavy atom. The number of hydrogen-bond donors (Lipinski definition) is 0. The topological polar surface area (TPSA) is 75.2 Å². The number of fused-ring (bicyclic) bond motifs is 4. The van der Waals surface area contributed by atoms with Crippen LogP contribution in [-0.4, -0.2) is 32.8 Å². The first-order valence-corrected chi connectivity index (χ1v) is 15.8. The largest absolute Gasteiger partial charge is 0.265 e. The summed E-state index contributed by atoms with van der Waals surface area (Å²) in [6.45, 7) is 0. The molecule has 0 fully saturated rings. The highest BCUT2D eigenvalue weighted by atomic mass is 14.9. The summed E-state index contributed by atoms with van der Waals surface area (Å²) in [5, 5.41) is 0. The fourth-order valence-electron chi connectivity index (χ4n) is 6.52. The molecule has 0 radical (unpaired) electrons. The Kier molecular flexibility index (Phi) is 6.68. The van der Waals surface area contributed by atoms with Crippen LogP contribution >= 0.6 is 0 Å². The molecule has 6 nitrogen and oxygen atoms in total. The van der Waals surface area contributed by atoms with Crippen LogP contribution in [0.4, 0.5) is 0 Å². The zero-order valence-electron chi connectivity index (χ0n) is 25.7. The maximum Gasteiger partial charge on any atom is 0.0738 e. The molecule has 8 bridgehead atoms. The number of rotatable bonds is 4. The van der Waals surface area contributed by atoms with Crippen LogP contribution in [0.3, 0.4) is 0 Å². The summed E-state index contributed by atoms with van der Waals surface area (Å²) in [5.41, 5.74) is 14.5. The van der Waals surface area contributed by atoms with E-state index in [-0.39, 0.29) is 0 Å². The van der Waals surface area contributed by atoms with Gasteiger partial charge >= 0.3 is 0 Å². The summed E-state index contributed by atoms with van der Waals surface area (Å²) in [6, 6.07) is 28.7. The van der Waals surface area contributed by atoms with Crippen LogP contribution in [0.15, 0.2) is 201 Å². The second-order valence-corrected chi connectivity index (χ2v) is 11.6. The highest BCUT2D eigenvalue weighted by Gasteiger charge is 2.27. The monoisotopic (exact) mass is 614 g/mol. The molecule has 48 heavy (non-hydrogen) atoms. The van der Waals surface area contributed by atoms with Gasteiger partial charge in [0.05, 0.1) is 45.6 Å². The van der Waals surface area contributed by atoms with Crippen molar-refractivity contribution in [1.29, 1.82) is 0 Å². The first-order valence-electron chi connectivity index (χ1n) is 15.8. The van der Waals surface area contributed by atoms with Crippen molar-refractivity contribution < 1.29 is 0 Å². The molecule has 0 amide bonds. The Labute approximate surface area is 277 Å². The van der Waals surface area contributed by atoms with Gasteiger partial charge in [-0.1, -0.05) is 60.7 Å². The predicted octanol–water partition coefficient (Wildman–Crippen LogP) is 8.48. The Balaban J connectivity index is 1.37. The van der Waals surface area contributed by atoms with E-state index in [9.17, 15) is 0 Å². The molecular weight excluding hydrogens is 589 g/mol. The molecule has 5 aliphatic heterocycles. The number of allylic oxidation sites excluding steroid dienone is 12. The quantitative estimate of drug-likeness (QED) is 0.231. The lowest BCUT2D eigenvalue weighted by Crippen LogP contribution is -2.03. The van der Waals surface area contributed by atoms with Crippen molar-refractivity contribution in [3.8, 4) is 0 Å². The van der Waals surface area contributed by atoms with Crippen molar-refractivity contribution in [3.05, 3.63) is 203 Å². The minimum atomic E-state index is 0.826. The number of aliphatic imine (C=N–C) groups is 4. The number of nitrogens with zero attached hydrogens (tertiary/aromatic N) is 6. The summed E-state index contributed by atoms with van der Waals surface area (Å²) in [5.74, 6) is 0. The molecule has 0 aliphatic carbocycles. The molecule has 0 spiro atoms. The molecule has 7 heterocycles. The summed E-state index contributed by atoms with van der Waals surface area (Å²) >= 11 is 0. The number of hydrogen-bond acceptors (Lipinski definition) is 6. The molecule has 4 aromatic rings. The van der Waals surface area contributed by atoms with Crippen molar-refractivity contribution in [3.63, 3.8) is 0 Å². The van der Waals surface area contributed by atoms with Gasteiger partial charge in [0.2, 0.25) is 0 Å². The normalized spacial score (nSPS) is 17.8. The molecule has 0 N–H and O–H groups in total. The SMILES string of the molecule is C1=CC2=C(c3ccccc3)C3=NC(=C(c4ccncc4)C4=NC(=C(c5ccccc5)C5=NC(=C(c6ccncc6)C1=N2)C=C5)C=C4)C=C3. The van der Waals surface area contributed by atoms with Gasteiger partial charge in [0.15, 0.2) is 0 Å². The summed E-state index contributed by atoms with van der Waals surface area (Å²) in [4.78, 5) is 29.7. The minimum Gasteiger partial charge on any atom is -0.265 e. The van der Waals surface area contributed by atoms with Crippen molar-refractivity contribution in [2.75, 3.05) is 0 Å². The maximum absolute atomic E-state index is 5.28. The molecule has 0 saturated carbocycles. The highest BCUT2D eigenvalue weighted by Crippen LogP contribution is 2.38. The van der Waals surface area contributed by atoms with Gasteiger partial charge in [-0.25, -0.2) is 20.0 Å². The molecule has 9 rings (SSSR count). The molecular formula is C42H26N6. The lowest BCUT2D eigenvalue weighted by molar-refractivity contribution is 1.31. The van der Waals surface area contributed by atoms with Gasteiger partial charge in [0.1, 0.15) is 0 Å². The summed E-state index contributed by atoms with van der Waals surface area (Å²) in [6.07, 6.45) is 23.8. The van der Waals surface area contributed by atoms with E-state index >= 15 is 0 Å². The van der Waals surface area contributed by atoms with Gasteiger partial charge < -0.3 is 0 Å². The lowest BCUT2D eigenvalue weighted by atomic mass is 9.99. The molecule has 2 aromatic heterocycles. The van der Waals surface area contributed by atoms with Crippen LogP contribution in [0.2, 0.25) is 0 Å². The van der Waals surface area contributed by atoms with E-state index in [1.165, 1.54) is 0 Å². The van der Waals surface area contributed by atoms with Crippen LogP contribution in [0.25, 0.3) is 22.3 Å². The van der Waals surface area contributed by atoms with E-state index in [2.05, 4.69) is 82.8 Å². The van der Waals surface area contributed by atoms with E-state index in [4.69, 9.17) is 20.0 Å². The van der Waals surface area contributed by atoms with Crippen molar-refractivity contribution in [2.24, 2.45) is 20.0 Å². The molecule has 0 saturated heterocycles. The maximum atomic E-state index is 5.28. The Hall–Kier alpha value is -6.66. The van der Waals surface area contributed by atoms with Gasteiger partial charge in [-0.15, -0.1) is 0 Å². The van der Waals surface area contributed by atoms with Crippen molar-refractivity contribution in [1.82, 2.24) is 9.97 Å². The number of aromatic nitrogens is 2. The Morgan fingerprint density at radius 2 is 0.542 bits per heavy atom. The van der Waals surface area contributed by atoms with E-state index in [0.717, 1.165) is 90.2 Å². The van der Waals surface area contributed by atoms with Crippen molar-refractivity contribution >= 4 is 45.1 Å². The van der Waals surface area contributed by atoms with Gasteiger partial charge in [-0.3, -0.25) is 9.97 Å². The molecule has 224 valence electrons. The zero-order chi connectivity index (χ0) is 31.9. The third-order valence-corrected chi connectivity index (χ3v) is 8.67.